The van der Waals surface area contributed by atoms with E-state index in [2.05, 4.69) is 25.5 Å². The minimum absolute atomic E-state index is 0.0528. The molecule has 15 heteroatoms. The van der Waals surface area contributed by atoms with Crippen LogP contribution in [0.2, 0.25) is 0 Å². The summed E-state index contributed by atoms with van der Waals surface area (Å²) in [7, 11) is -3.65. The van der Waals surface area contributed by atoms with Crippen LogP contribution in [0.4, 0.5) is 27.6 Å². The summed E-state index contributed by atoms with van der Waals surface area (Å²) in [5.74, 6) is -3.18. The Balaban J connectivity index is 1.73. The Bertz CT molecular complexity index is 1480. The summed E-state index contributed by atoms with van der Waals surface area (Å²) in [4.78, 5) is 19.9. The number of hydrogen-bond donors (Lipinski definition) is 1. The van der Waals surface area contributed by atoms with Crippen LogP contribution in [-0.4, -0.2) is 40.7 Å². The molecule has 0 spiro atoms. The zero-order valence-electron chi connectivity index (χ0n) is 18.5. The van der Waals surface area contributed by atoms with E-state index in [0.717, 1.165) is 25.4 Å². The van der Waals surface area contributed by atoms with Gasteiger partial charge in [-0.15, -0.1) is 10.2 Å². The number of rotatable bonds is 6. The van der Waals surface area contributed by atoms with Crippen LogP contribution in [0.1, 0.15) is 40.0 Å². The number of nitrogens with zero attached hydrogens (tertiary/aromatic N) is 4. The van der Waals surface area contributed by atoms with Gasteiger partial charge in [0.25, 0.3) is 11.8 Å². The van der Waals surface area contributed by atoms with Crippen LogP contribution in [0.3, 0.4) is 0 Å². The fourth-order valence-electron chi connectivity index (χ4n) is 3.27. The third-order valence-electron chi connectivity index (χ3n) is 5.28. The summed E-state index contributed by atoms with van der Waals surface area (Å²) in [6, 6.07) is 4.24. The van der Waals surface area contributed by atoms with Gasteiger partial charge in [-0.3, -0.25) is 4.79 Å². The molecule has 0 aliphatic heterocycles. The van der Waals surface area contributed by atoms with Gasteiger partial charge in [-0.1, -0.05) is 6.07 Å². The van der Waals surface area contributed by atoms with Gasteiger partial charge < -0.3 is 10.1 Å². The Labute approximate surface area is 200 Å². The van der Waals surface area contributed by atoms with Crippen LogP contribution in [0.25, 0.3) is 0 Å². The largest absolute Gasteiger partial charge is 0.435 e. The highest BCUT2D eigenvalue weighted by molar-refractivity contribution is 7.90. The second-order valence-corrected chi connectivity index (χ2v) is 10.0. The molecule has 0 radical (unpaired) electrons. The fourth-order valence-corrected chi connectivity index (χ4v) is 3.93. The quantitative estimate of drug-likeness (QED) is 0.373. The fraction of sp³-hybridized carbons (Fsp3) is 0.286. The molecule has 1 amide bonds. The molecule has 1 aliphatic rings. The van der Waals surface area contributed by atoms with Crippen molar-refractivity contribution in [1.82, 2.24) is 20.2 Å². The van der Waals surface area contributed by atoms with Crippen molar-refractivity contribution in [3.8, 4) is 11.9 Å². The van der Waals surface area contributed by atoms with Gasteiger partial charge in [0, 0.05) is 18.1 Å². The lowest BCUT2D eigenvalue weighted by atomic mass is 10.1. The van der Waals surface area contributed by atoms with E-state index in [4.69, 9.17) is 4.74 Å². The molecule has 1 fully saturated rings. The number of benzene rings is 1. The Hall–Kier alpha value is -3.75. The van der Waals surface area contributed by atoms with E-state index in [1.807, 2.05) is 0 Å². The average molecular weight is 529 g/mol. The molecule has 1 N–H and O–H groups in total. The lowest BCUT2D eigenvalue weighted by Crippen LogP contribution is -2.21. The Kier molecular flexibility index (Phi) is 6.14. The highest BCUT2D eigenvalue weighted by atomic mass is 32.2. The maximum atomic E-state index is 14.3. The van der Waals surface area contributed by atoms with Crippen LogP contribution < -0.4 is 10.1 Å². The zero-order valence-corrected chi connectivity index (χ0v) is 19.3. The summed E-state index contributed by atoms with van der Waals surface area (Å²) < 4.78 is 97.5. The average Bonchev–Trinajstić information content (AvgIpc) is 3.50. The van der Waals surface area contributed by atoms with Crippen molar-refractivity contribution in [2.24, 2.45) is 0 Å². The van der Waals surface area contributed by atoms with Gasteiger partial charge in [-0.2, -0.15) is 22.5 Å². The van der Waals surface area contributed by atoms with Crippen LogP contribution in [0.15, 0.2) is 35.4 Å². The summed E-state index contributed by atoms with van der Waals surface area (Å²) in [6.07, 6.45) is -3.04. The first-order valence-electron chi connectivity index (χ1n) is 10.1. The molecule has 2 heterocycles. The first-order valence-corrected chi connectivity index (χ1v) is 12.0. The summed E-state index contributed by atoms with van der Waals surface area (Å²) in [5.41, 5.74) is -5.24. The third kappa shape index (κ3) is 5.10. The van der Waals surface area contributed by atoms with Crippen molar-refractivity contribution < 1.29 is 39.9 Å². The van der Waals surface area contributed by atoms with E-state index in [1.54, 1.807) is 0 Å². The highest BCUT2D eigenvalue weighted by Crippen LogP contribution is 2.50. The molecule has 3 aromatic rings. The van der Waals surface area contributed by atoms with Gasteiger partial charge in [0.1, 0.15) is 11.2 Å². The van der Waals surface area contributed by atoms with Gasteiger partial charge in [0.15, 0.2) is 15.5 Å². The summed E-state index contributed by atoms with van der Waals surface area (Å²) >= 11 is 0. The van der Waals surface area contributed by atoms with Crippen LogP contribution in [0, 0.1) is 12.9 Å². The molecular weight excluding hydrogens is 513 g/mol. The molecule has 0 unspecified atom stereocenters. The van der Waals surface area contributed by atoms with Crippen molar-refractivity contribution in [1.29, 1.82) is 0 Å². The topological polar surface area (TPSA) is 124 Å². The number of carbonyl (C=O) groups is 1. The number of amides is 1. The Morgan fingerprint density at radius 1 is 1.19 bits per heavy atom. The number of halogens is 5. The number of sulfone groups is 1. The molecule has 0 atom stereocenters. The van der Waals surface area contributed by atoms with Crippen LogP contribution >= 0.6 is 0 Å². The van der Waals surface area contributed by atoms with Crippen molar-refractivity contribution >= 4 is 21.4 Å². The van der Waals surface area contributed by atoms with Crippen molar-refractivity contribution in [3.05, 3.63) is 58.8 Å². The molecule has 1 aromatic carbocycles. The van der Waals surface area contributed by atoms with E-state index in [-0.39, 0.29) is 23.4 Å². The number of anilines is 1. The van der Waals surface area contributed by atoms with Crippen LogP contribution in [0.5, 0.6) is 11.9 Å². The van der Waals surface area contributed by atoms with E-state index in [0.29, 0.717) is 0 Å². The van der Waals surface area contributed by atoms with Crippen molar-refractivity contribution in [2.75, 3.05) is 11.6 Å². The first-order chi connectivity index (χ1) is 16.7. The highest BCUT2D eigenvalue weighted by Gasteiger charge is 2.48. The molecule has 9 nitrogen and oxygen atoms in total. The molecule has 0 saturated heterocycles. The predicted molar refractivity (Wildman–Crippen MR) is 113 cm³/mol. The van der Waals surface area contributed by atoms with Gasteiger partial charge in [0.05, 0.1) is 10.5 Å². The van der Waals surface area contributed by atoms with E-state index >= 15 is 0 Å². The van der Waals surface area contributed by atoms with Gasteiger partial charge in [-0.25, -0.2) is 17.8 Å². The van der Waals surface area contributed by atoms with Crippen molar-refractivity contribution in [2.45, 2.75) is 36.5 Å². The standard InChI is InChI=1S/C21H16F5N5O4S/c1-10-14(17(32)28-11-4-3-5-12(8-11)36(2,33)34)18(31-30-15(10)21(24,25)26)35-19-27-9-13(16(22)29-19)20(23)6-7-20/h3-5,8-9H,6-7H2,1-2H3,(H,28,32). The minimum atomic E-state index is -4.98. The van der Waals surface area contributed by atoms with E-state index in [1.165, 1.54) is 18.2 Å². The maximum absolute atomic E-state index is 14.3. The van der Waals surface area contributed by atoms with E-state index in [9.17, 15) is 35.2 Å². The number of ether oxygens (including phenoxy) is 1. The molecule has 0 bridgehead atoms. The predicted octanol–water partition coefficient (Wildman–Crippen LogP) is 4.14. The Morgan fingerprint density at radius 3 is 2.47 bits per heavy atom. The smallest absolute Gasteiger partial charge is 0.403 e. The van der Waals surface area contributed by atoms with Crippen molar-refractivity contribution in [3.63, 3.8) is 0 Å². The lowest BCUT2D eigenvalue weighted by molar-refractivity contribution is -0.142. The molecule has 36 heavy (non-hydrogen) atoms. The SMILES string of the molecule is Cc1c(C(F)(F)F)nnc(Oc2ncc(C3(F)CC3)c(F)n2)c1C(=O)Nc1cccc(S(C)(=O)=O)c1. The Morgan fingerprint density at radius 2 is 1.89 bits per heavy atom. The zero-order chi connectivity index (χ0) is 26.5. The summed E-state index contributed by atoms with van der Waals surface area (Å²) in [6.45, 7) is 0.941. The monoisotopic (exact) mass is 529 g/mol. The number of nitrogens with one attached hydrogen (secondary N) is 1. The molecule has 1 saturated carbocycles. The van der Waals surface area contributed by atoms with Gasteiger partial charge >= 0.3 is 12.2 Å². The summed E-state index contributed by atoms with van der Waals surface area (Å²) in [5, 5.41) is 8.65. The minimum Gasteiger partial charge on any atom is -0.403 e. The second kappa shape index (κ2) is 8.72. The number of hydrogen-bond acceptors (Lipinski definition) is 8. The molecule has 1 aliphatic carbocycles. The third-order valence-corrected chi connectivity index (χ3v) is 6.39. The molecule has 4 rings (SSSR count). The maximum Gasteiger partial charge on any atom is 0.435 e. The van der Waals surface area contributed by atoms with E-state index < -0.39 is 67.8 Å². The molecular formula is C21H16F5N5O4S. The normalized spacial score (nSPS) is 14.9. The first kappa shape index (κ1) is 25.3. The molecule has 190 valence electrons. The lowest BCUT2D eigenvalue weighted by Gasteiger charge is -2.15. The number of aromatic nitrogens is 4. The number of alkyl halides is 4. The second-order valence-electron chi connectivity index (χ2n) is 8.03. The van der Waals surface area contributed by atoms with Crippen LogP contribution in [-0.2, 0) is 21.7 Å². The molecule has 2 aromatic heterocycles. The van der Waals surface area contributed by atoms with Gasteiger partial charge in [0.2, 0.25) is 5.95 Å². The van der Waals surface area contributed by atoms with Gasteiger partial charge in [-0.05, 0) is 43.5 Å². The number of carbonyl (C=O) groups excluding carboxylic acids is 1.